The molecule has 2 heteroatoms. The second kappa shape index (κ2) is 8.71. The molecular formula is C23H28BrN. The Kier molecular flexibility index (Phi) is 6.36. The summed E-state index contributed by atoms with van der Waals surface area (Å²) in [5.74, 6) is 0. The highest BCUT2D eigenvalue weighted by Crippen LogP contribution is 2.35. The molecule has 0 spiro atoms. The molecule has 132 valence electrons. The lowest BCUT2D eigenvalue weighted by Crippen LogP contribution is -2.26. The summed E-state index contributed by atoms with van der Waals surface area (Å²) < 4.78 is 0. The molecule has 0 radical (unpaired) electrons. The van der Waals surface area contributed by atoms with Gasteiger partial charge in [0.15, 0.2) is 0 Å². The first-order valence-corrected chi connectivity index (χ1v) is 10.7. The number of hydrogen-bond acceptors (Lipinski definition) is 1. The van der Waals surface area contributed by atoms with Crippen LogP contribution < -0.4 is 4.90 Å². The third kappa shape index (κ3) is 3.84. The van der Waals surface area contributed by atoms with Crippen molar-refractivity contribution in [1.29, 1.82) is 0 Å². The van der Waals surface area contributed by atoms with Crippen LogP contribution >= 0.6 is 15.9 Å². The van der Waals surface area contributed by atoms with Crippen LogP contribution in [0.1, 0.15) is 45.1 Å². The van der Waals surface area contributed by atoms with Gasteiger partial charge in [0, 0.05) is 24.1 Å². The molecule has 3 aromatic carbocycles. The summed E-state index contributed by atoms with van der Waals surface area (Å²) >= 11 is 3.77. The second-order valence-corrected chi connectivity index (χ2v) is 7.33. The van der Waals surface area contributed by atoms with E-state index in [0.717, 1.165) is 18.4 Å². The normalized spacial score (nSPS) is 11.3. The number of fused-ring (bicyclic) bond motifs is 3. The van der Waals surface area contributed by atoms with Gasteiger partial charge in [-0.1, -0.05) is 85.1 Å². The molecule has 3 rings (SSSR count). The molecule has 3 aromatic rings. The van der Waals surface area contributed by atoms with E-state index in [4.69, 9.17) is 0 Å². The van der Waals surface area contributed by atoms with Crippen LogP contribution in [0.3, 0.4) is 0 Å². The fourth-order valence-corrected chi connectivity index (χ4v) is 4.22. The number of halogens is 1. The predicted molar refractivity (Wildman–Crippen MR) is 116 cm³/mol. The average Bonchev–Trinajstić information content (AvgIpc) is 2.67. The largest absolute Gasteiger partial charge is 0.371 e. The van der Waals surface area contributed by atoms with Crippen LogP contribution in [0, 0.1) is 0 Å². The van der Waals surface area contributed by atoms with Crippen molar-refractivity contribution >= 4 is 43.2 Å². The van der Waals surface area contributed by atoms with Crippen molar-refractivity contribution in [3.8, 4) is 0 Å². The van der Waals surface area contributed by atoms with Gasteiger partial charge in [0.05, 0.1) is 0 Å². The Labute approximate surface area is 160 Å². The first-order chi connectivity index (χ1) is 12.3. The molecule has 0 amide bonds. The third-order valence-corrected chi connectivity index (χ3v) is 5.61. The summed E-state index contributed by atoms with van der Waals surface area (Å²) in [5, 5.41) is 6.31. The van der Waals surface area contributed by atoms with Crippen LogP contribution in [0.2, 0.25) is 0 Å². The molecule has 0 fully saturated rings. The molecule has 0 unspecified atom stereocenters. The molecule has 25 heavy (non-hydrogen) atoms. The molecular weight excluding hydrogens is 370 g/mol. The minimum Gasteiger partial charge on any atom is -0.371 e. The van der Waals surface area contributed by atoms with Gasteiger partial charge < -0.3 is 4.90 Å². The first-order valence-electron chi connectivity index (χ1n) is 9.54. The van der Waals surface area contributed by atoms with Crippen molar-refractivity contribution in [2.45, 2.75) is 44.9 Å². The van der Waals surface area contributed by atoms with Crippen molar-refractivity contribution in [2.75, 3.05) is 18.0 Å². The topological polar surface area (TPSA) is 3.24 Å². The van der Waals surface area contributed by atoms with Gasteiger partial charge in [-0.15, -0.1) is 0 Å². The number of alkyl halides is 1. The zero-order valence-electron chi connectivity index (χ0n) is 15.4. The van der Waals surface area contributed by atoms with Gasteiger partial charge >= 0.3 is 0 Å². The molecule has 0 aliphatic rings. The van der Waals surface area contributed by atoms with Gasteiger partial charge in [0.25, 0.3) is 0 Å². The summed E-state index contributed by atoms with van der Waals surface area (Å²) in [6, 6.07) is 17.9. The van der Waals surface area contributed by atoms with E-state index in [2.05, 4.69) is 83.2 Å². The van der Waals surface area contributed by atoms with E-state index in [1.807, 2.05) is 0 Å². The van der Waals surface area contributed by atoms with E-state index in [0.29, 0.717) is 0 Å². The van der Waals surface area contributed by atoms with E-state index < -0.39 is 0 Å². The van der Waals surface area contributed by atoms with Gasteiger partial charge in [-0.3, -0.25) is 0 Å². The number of anilines is 1. The monoisotopic (exact) mass is 397 g/mol. The maximum Gasteiger partial charge on any atom is 0.0413 e. The Hall–Kier alpha value is -1.54. The summed E-state index contributed by atoms with van der Waals surface area (Å²) in [6.45, 7) is 6.84. The van der Waals surface area contributed by atoms with Gasteiger partial charge in [-0.2, -0.15) is 0 Å². The van der Waals surface area contributed by atoms with Crippen molar-refractivity contribution in [2.24, 2.45) is 0 Å². The quantitative estimate of drug-likeness (QED) is 0.284. The first kappa shape index (κ1) is 18.3. The Morgan fingerprint density at radius 1 is 0.760 bits per heavy atom. The molecule has 0 aromatic heterocycles. The van der Waals surface area contributed by atoms with Crippen LogP contribution in [0.15, 0.2) is 48.5 Å². The summed E-state index contributed by atoms with van der Waals surface area (Å²) in [5.41, 5.74) is 2.83. The molecule has 0 N–H and O–H groups in total. The number of hydrogen-bond donors (Lipinski definition) is 0. The van der Waals surface area contributed by atoms with Crippen molar-refractivity contribution < 1.29 is 0 Å². The number of nitrogens with zero attached hydrogens (tertiary/aromatic N) is 1. The van der Waals surface area contributed by atoms with Crippen molar-refractivity contribution in [3.63, 3.8) is 0 Å². The Morgan fingerprint density at radius 2 is 1.44 bits per heavy atom. The Morgan fingerprint density at radius 3 is 2.12 bits per heavy atom. The SMILES string of the molecule is CCCCN(CCCC)c1ccc2c(ccc3ccccc32)c1CBr. The van der Waals surface area contributed by atoms with E-state index in [1.165, 1.54) is 58.5 Å². The highest BCUT2D eigenvalue weighted by molar-refractivity contribution is 9.08. The van der Waals surface area contributed by atoms with E-state index in [9.17, 15) is 0 Å². The van der Waals surface area contributed by atoms with Crippen molar-refractivity contribution in [1.82, 2.24) is 0 Å². The Bertz CT molecular complexity index is 832. The van der Waals surface area contributed by atoms with Crippen LogP contribution in [0.25, 0.3) is 21.5 Å². The molecule has 0 saturated heterocycles. The number of benzene rings is 3. The second-order valence-electron chi connectivity index (χ2n) is 6.77. The smallest absolute Gasteiger partial charge is 0.0413 e. The molecule has 1 nitrogen and oxygen atoms in total. The van der Waals surface area contributed by atoms with Crippen LogP contribution in [-0.4, -0.2) is 13.1 Å². The highest BCUT2D eigenvalue weighted by atomic mass is 79.9. The van der Waals surface area contributed by atoms with Gasteiger partial charge in [0.2, 0.25) is 0 Å². The molecule has 0 aliphatic heterocycles. The van der Waals surface area contributed by atoms with E-state index >= 15 is 0 Å². The van der Waals surface area contributed by atoms with Gasteiger partial charge in [-0.25, -0.2) is 0 Å². The Balaban J connectivity index is 2.12. The fraction of sp³-hybridized carbons (Fsp3) is 0.391. The third-order valence-electron chi connectivity index (χ3n) is 5.05. The minimum atomic E-state index is 0.896. The number of unbranched alkanes of at least 4 members (excludes halogenated alkanes) is 2. The maximum absolute atomic E-state index is 3.77. The molecule has 0 atom stereocenters. The summed E-state index contributed by atoms with van der Waals surface area (Å²) in [6.07, 6.45) is 4.98. The van der Waals surface area contributed by atoms with E-state index in [-0.39, 0.29) is 0 Å². The average molecular weight is 398 g/mol. The minimum absolute atomic E-state index is 0.896. The van der Waals surface area contributed by atoms with Crippen LogP contribution in [-0.2, 0) is 5.33 Å². The predicted octanol–water partition coefficient (Wildman–Crippen LogP) is 7.29. The van der Waals surface area contributed by atoms with Crippen molar-refractivity contribution in [3.05, 3.63) is 54.1 Å². The molecule has 0 heterocycles. The zero-order valence-corrected chi connectivity index (χ0v) is 17.0. The molecule has 0 saturated carbocycles. The van der Waals surface area contributed by atoms with Gasteiger partial charge in [0.1, 0.15) is 0 Å². The highest BCUT2D eigenvalue weighted by Gasteiger charge is 2.14. The lowest BCUT2D eigenvalue weighted by molar-refractivity contribution is 0.677. The maximum atomic E-state index is 3.77. The lowest BCUT2D eigenvalue weighted by atomic mass is 9.97. The van der Waals surface area contributed by atoms with Crippen LogP contribution in [0.4, 0.5) is 5.69 Å². The molecule has 0 bridgehead atoms. The lowest BCUT2D eigenvalue weighted by Gasteiger charge is -2.28. The standard InChI is InChI=1S/C23H28BrN/c1-3-5-15-25(16-6-4-2)23-14-13-20-19-10-8-7-9-18(19)11-12-21(20)22(23)17-24/h7-14H,3-6,15-17H2,1-2H3. The summed E-state index contributed by atoms with van der Waals surface area (Å²) in [4.78, 5) is 2.60. The summed E-state index contributed by atoms with van der Waals surface area (Å²) in [7, 11) is 0. The van der Waals surface area contributed by atoms with E-state index in [1.54, 1.807) is 0 Å². The van der Waals surface area contributed by atoms with Gasteiger partial charge in [-0.05, 0) is 46.0 Å². The zero-order chi connectivity index (χ0) is 17.6. The number of rotatable bonds is 8. The molecule has 0 aliphatic carbocycles. The fourth-order valence-electron chi connectivity index (χ4n) is 3.63. The van der Waals surface area contributed by atoms with Crippen LogP contribution in [0.5, 0.6) is 0 Å².